The Labute approximate surface area is 154 Å². The first-order valence-electron chi connectivity index (χ1n) is 8.27. The van der Waals surface area contributed by atoms with Gasteiger partial charge in [-0.25, -0.2) is 0 Å². The second kappa shape index (κ2) is 8.62. The number of rotatable bonds is 5. The van der Waals surface area contributed by atoms with Gasteiger partial charge in [-0.3, -0.25) is 10.1 Å². The molecular weight excluding hydrogens is 332 g/mol. The SMILES string of the molecule is Cc1cc(C)cc(NC(=S)NC(=O)c2ccc(OCC(C)C)cc2)c1. The first-order chi connectivity index (χ1) is 11.8. The average molecular weight is 356 g/mol. The summed E-state index contributed by atoms with van der Waals surface area (Å²) in [5.41, 5.74) is 3.66. The van der Waals surface area contributed by atoms with Gasteiger partial charge in [0.15, 0.2) is 5.11 Å². The standard InChI is InChI=1S/C20H24N2O2S/c1-13(2)12-24-18-7-5-16(6-8-18)19(23)22-20(25)21-17-10-14(3)9-15(4)11-17/h5-11,13H,12H2,1-4H3,(H2,21,22,23,25). The first-order valence-corrected chi connectivity index (χ1v) is 8.68. The van der Waals surface area contributed by atoms with Crippen molar-refractivity contribution < 1.29 is 9.53 Å². The number of aryl methyl sites for hydroxylation is 2. The molecule has 0 saturated carbocycles. The van der Waals surface area contributed by atoms with Crippen molar-refractivity contribution in [2.75, 3.05) is 11.9 Å². The van der Waals surface area contributed by atoms with Gasteiger partial charge in [-0.2, -0.15) is 0 Å². The van der Waals surface area contributed by atoms with E-state index >= 15 is 0 Å². The Bertz CT molecular complexity index is 735. The van der Waals surface area contributed by atoms with Crippen LogP contribution in [-0.4, -0.2) is 17.6 Å². The summed E-state index contributed by atoms with van der Waals surface area (Å²) in [7, 11) is 0. The lowest BCUT2D eigenvalue weighted by Crippen LogP contribution is -2.34. The van der Waals surface area contributed by atoms with Crippen molar-refractivity contribution in [2.45, 2.75) is 27.7 Å². The number of hydrogen-bond donors (Lipinski definition) is 2. The van der Waals surface area contributed by atoms with Gasteiger partial charge in [0, 0.05) is 11.3 Å². The van der Waals surface area contributed by atoms with Gasteiger partial charge in [0.2, 0.25) is 0 Å². The zero-order valence-electron chi connectivity index (χ0n) is 15.1. The van der Waals surface area contributed by atoms with E-state index in [4.69, 9.17) is 17.0 Å². The van der Waals surface area contributed by atoms with E-state index in [1.54, 1.807) is 24.3 Å². The van der Waals surface area contributed by atoms with Crippen LogP contribution in [0.5, 0.6) is 5.75 Å². The van der Waals surface area contributed by atoms with Crippen molar-refractivity contribution >= 4 is 28.9 Å². The van der Waals surface area contributed by atoms with Crippen LogP contribution in [0.2, 0.25) is 0 Å². The molecule has 5 heteroatoms. The molecule has 0 heterocycles. The highest BCUT2D eigenvalue weighted by Crippen LogP contribution is 2.15. The van der Waals surface area contributed by atoms with Gasteiger partial charge < -0.3 is 10.1 Å². The van der Waals surface area contributed by atoms with Crippen LogP contribution in [0.15, 0.2) is 42.5 Å². The van der Waals surface area contributed by atoms with E-state index in [0.29, 0.717) is 18.1 Å². The van der Waals surface area contributed by atoms with Gasteiger partial charge in [0.05, 0.1) is 6.61 Å². The van der Waals surface area contributed by atoms with Gasteiger partial charge in [0.25, 0.3) is 5.91 Å². The number of thiocarbonyl (C=S) groups is 1. The number of ether oxygens (including phenoxy) is 1. The van der Waals surface area contributed by atoms with Crippen LogP contribution in [0.25, 0.3) is 0 Å². The normalized spacial score (nSPS) is 10.4. The number of hydrogen-bond acceptors (Lipinski definition) is 3. The van der Waals surface area contributed by atoms with Gasteiger partial charge in [-0.1, -0.05) is 19.9 Å². The molecule has 0 aliphatic heterocycles. The predicted octanol–water partition coefficient (Wildman–Crippen LogP) is 4.47. The maximum Gasteiger partial charge on any atom is 0.257 e. The molecule has 132 valence electrons. The summed E-state index contributed by atoms with van der Waals surface area (Å²) < 4.78 is 5.61. The Morgan fingerprint density at radius 2 is 1.68 bits per heavy atom. The molecular formula is C20H24N2O2S. The van der Waals surface area contributed by atoms with Crippen LogP contribution < -0.4 is 15.4 Å². The highest BCUT2D eigenvalue weighted by atomic mass is 32.1. The number of benzene rings is 2. The lowest BCUT2D eigenvalue weighted by Gasteiger charge is -2.12. The zero-order chi connectivity index (χ0) is 18.4. The third kappa shape index (κ3) is 6.19. The minimum absolute atomic E-state index is 0.253. The molecule has 1 amide bonds. The molecule has 2 rings (SSSR count). The molecule has 25 heavy (non-hydrogen) atoms. The molecule has 0 aliphatic rings. The summed E-state index contributed by atoms with van der Waals surface area (Å²) >= 11 is 5.23. The van der Waals surface area contributed by atoms with E-state index in [2.05, 4.69) is 30.5 Å². The van der Waals surface area contributed by atoms with Crippen LogP contribution in [0, 0.1) is 19.8 Å². The Kier molecular flexibility index (Phi) is 6.53. The fourth-order valence-corrected chi connectivity index (χ4v) is 2.56. The highest BCUT2D eigenvalue weighted by Gasteiger charge is 2.09. The Hall–Kier alpha value is -2.40. The fraction of sp³-hybridized carbons (Fsp3) is 0.300. The van der Waals surface area contributed by atoms with Crippen molar-refractivity contribution in [3.8, 4) is 5.75 Å². The van der Waals surface area contributed by atoms with Crippen LogP contribution in [-0.2, 0) is 0 Å². The molecule has 4 nitrogen and oxygen atoms in total. The Balaban J connectivity index is 1.93. The summed E-state index contributed by atoms with van der Waals surface area (Å²) in [6.07, 6.45) is 0. The number of carbonyl (C=O) groups is 1. The van der Waals surface area contributed by atoms with Gasteiger partial charge in [0.1, 0.15) is 5.75 Å². The second-order valence-electron chi connectivity index (χ2n) is 6.51. The van der Waals surface area contributed by atoms with Crippen molar-refractivity contribution in [1.82, 2.24) is 5.32 Å². The molecule has 0 aliphatic carbocycles. The van der Waals surface area contributed by atoms with E-state index < -0.39 is 0 Å². The summed E-state index contributed by atoms with van der Waals surface area (Å²) in [4.78, 5) is 12.3. The summed E-state index contributed by atoms with van der Waals surface area (Å²) in [6, 6.07) is 13.1. The molecule has 2 aromatic rings. The van der Waals surface area contributed by atoms with E-state index in [-0.39, 0.29) is 11.0 Å². The minimum Gasteiger partial charge on any atom is -0.493 e. The number of nitrogens with one attached hydrogen (secondary N) is 2. The molecule has 0 atom stereocenters. The van der Waals surface area contributed by atoms with E-state index in [1.165, 1.54) is 0 Å². The molecule has 2 N–H and O–H groups in total. The molecule has 0 unspecified atom stereocenters. The van der Waals surface area contributed by atoms with Crippen LogP contribution in [0.4, 0.5) is 5.69 Å². The Morgan fingerprint density at radius 1 is 1.08 bits per heavy atom. The highest BCUT2D eigenvalue weighted by molar-refractivity contribution is 7.80. The van der Waals surface area contributed by atoms with Crippen molar-refractivity contribution in [3.63, 3.8) is 0 Å². The third-order valence-electron chi connectivity index (χ3n) is 3.41. The van der Waals surface area contributed by atoms with E-state index in [9.17, 15) is 4.79 Å². The van der Waals surface area contributed by atoms with Gasteiger partial charge in [-0.15, -0.1) is 0 Å². The molecule has 2 aromatic carbocycles. The van der Waals surface area contributed by atoms with Gasteiger partial charge >= 0.3 is 0 Å². The van der Waals surface area contributed by atoms with E-state index in [1.807, 2.05) is 26.0 Å². The van der Waals surface area contributed by atoms with Crippen LogP contribution in [0.3, 0.4) is 0 Å². The zero-order valence-corrected chi connectivity index (χ0v) is 15.9. The molecule has 0 aromatic heterocycles. The van der Waals surface area contributed by atoms with Gasteiger partial charge in [-0.05, 0) is 79.5 Å². The molecule has 0 saturated heterocycles. The smallest absolute Gasteiger partial charge is 0.257 e. The second-order valence-corrected chi connectivity index (χ2v) is 6.92. The fourth-order valence-electron chi connectivity index (χ4n) is 2.35. The number of anilines is 1. The summed E-state index contributed by atoms with van der Waals surface area (Å²) in [6.45, 7) is 8.86. The largest absolute Gasteiger partial charge is 0.493 e. The van der Waals surface area contributed by atoms with Crippen molar-refractivity contribution in [3.05, 3.63) is 59.2 Å². The predicted molar refractivity (Wildman–Crippen MR) is 106 cm³/mol. The molecule has 0 radical (unpaired) electrons. The minimum atomic E-state index is -0.253. The van der Waals surface area contributed by atoms with Crippen LogP contribution >= 0.6 is 12.2 Å². The number of carbonyl (C=O) groups excluding carboxylic acids is 1. The lowest BCUT2D eigenvalue weighted by atomic mass is 10.1. The molecule has 0 bridgehead atoms. The quantitative estimate of drug-likeness (QED) is 0.777. The number of amides is 1. The summed E-state index contributed by atoms with van der Waals surface area (Å²) in [5, 5.41) is 6.01. The van der Waals surface area contributed by atoms with E-state index in [0.717, 1.165) is 22.6 Å². The molecule has 0 spiro atoms. The van der Waals surface area contributed by atoms with Crippen molar-refractivity contribution in [2.24, 2.45) is 5.92 Å². The molecule has 0 fully saturated rings. The third-order valence-corrected chi connectivity index (χ3v) is 3.61. The lowest BCUT2D eigenvalue weighted by molar-refractivity contribution is 0.0977. The van der Waals surface area contributed by atoms with Crippen molar-refractivity contribution in [1.29, 1.82) is 0 Å². The monoisotopic (exact) mass is 356 g/mol. The topological polar surface area (TPSA) is 50.4 Å². The first kappa shape index (κ1) is 18.9. The average Bonchev–Trinajstić information content (AvgIpc) is 2.52. The summed E-state index contributed by atoms with van der Waals surface area (Å²) in [5.74, 6) is 0.954. The Morgan fingerprint density at radius 3 is 2.24 bits per heavy atom. The maximum atomic E-state index is 12.3. The van der Waals surface area contributed by atoms with Crippen LogP contribution in [0.1, 0.15) is 35.3 Å². The maximum absolute atomic E-state index is 12.3.